The summed E-state index contributed by atoms with van der Waals surface area (Å²) in [7, 11) is 0. The summed E-state index contributed by atoms with van der Waals surface area (Å²) >= 11 is 12.1. The van der Waals surface area contributed by atoms with Crippen LogP contribution in [-0.2, 0) is 6.42 Å². The summed E-state index contributed by atoms with van der Waals surface area (Å²) in [5.74, 6) is -0.223. The molecule has 0 saturated heterocycles. The number of carbonyl (C=O) groups excluding carboxylic acids is 1. The smallest absolute Gasteiger partial charge is 0.270 e. The van der Waals surface area contributed by atoms with Gasteiger partial charge in [0.05, 0.1) is 21.1 Å². The molecule has 0 aliphatic heterocycles. The highest BCUT2D eigenvalue weighted by molar-refractivity contribution is 6.42. The van der Waals surface area contributed by atoms with Crippen molar-refractivity contribution in [1.29, 1.82) is 0 Å². The summed E-state index contributed by atoms with van der Waals surface area (Å²) in [6.07, 6.45) is 3.74. The fourth-order valence-electron chi connectivity index (χ4n) is 3.40. The normalized spacial score (nSPS) is 12.1. The third-order valence-corrected chi connectivity index (χ3v) is 5.67. The van der Waals surface area contributed by atoms with E-state index in [1.165, 1.54) is 0 Å². The monoisotopic (exact) mass is 437 g/mol. The molecule has 0 amide bonds. The molecule has 0 bridgehead atoms. The maximum Gasteiger partial charge on any atom is 0.270 e. The Kier molecular flexibility index (Phi) is 5.93. The number of fused-ring (bicyclic) bond motifs is 1. The molecule has 0 radical (unpaired) electrons. The second kappa shape index (κ2) is 8.78. The number of aromatic amines is 1. The number of rotatable bonds is 6. The number of pyridine rings is 1. The Morgan fingerprint density at radius 3 is 2.43 bits per heavy atom. The molecule has 30 heavy (non-hydrogen) atoms. The van der Waals surface area contributed by atoms with Gasteiger partial charge in [-0.25, -0.2) is 4.98 Å². The maximum absolute atomic E-state index is 12.8. The molecule has 0 spiro atoms. The molecule has 0 fully saturated rings. The molecule has 1 atom stereocenters. The summed E-state index contributed by atoms with van der Waals surface area (Å²) in [5, 5.41) is 0.710. The van der Waals surface area contributed by atoms with E-state index in [1.54, 1.807) is 36.7 Å². The Labute approximate surface area is 182 Å². The number of carbonyl (C=O) groups is 1. The van der Waals surface area contributed by atoms with Crippen LogP contribution in [0, 0.1) is 0 Å². The fourth-order valence-corrected chi connectivity index (χ4v) is 3.73. The summed E-state index contributed by atoms with van der Waals surface area (Å²) < 4.78 is 0. The number of halogens is 2. The highest BCUT2D eigenvalue weighted by Crippen LogP contribution is 2.27. The van der Waals surface area contributed by atoms with Crippen LogP contribution in [0.4, 0.5) is 0 Å². The Bertz CT molecular complexity index is 1260. The van der Waals surface area contributed by atoms with Crippen LogP contribution < -0.4 is 5.56 Å². The van der Waals surface area contributed by atoms with E-state index >= 15 is 0 Å². The first-order valence-corrected chi connectivity index (χ1v) is 10.1. The molecule has 2 aromatic carbocycles. The molecule has 2 aromatic heterocycles. The van der Waals surface area contributed by atoms with Gasteiger partial charge < -0.3 is 4.98 Å². The standard InChI is InChI=1S/C23H17Cl2N3O2/c24-17-12-19-20(13-18(17)25)28-23(30)21(27-19)10-16(14-4-2-1-3-5-14)11-22(29)15-6-8-26-9-7-15/h1-9,12-13,16H,10-11H2,(H,28,30). The van der Waals surface area contributed by atoms with Crippen molar-refractivity contribution in [3.63, 3.8) is 0 Å². The minimum Gasteiger partial charge on any atom is -0.319 e. The van der Waals surface area contributed by atoms with Gasteiger partial charge in [-0.1, -0.05) is 53.5 Å². The molecule has 0 aliphatic carbocycles. The molecule has 1 unspecified atom stereocenters. The largest absolute Gasteiger partial charge is 0.319 e. The molecular formula is C23H17Cl2N3O2. The van der Waals surface area contributed by atoms with Crippen molar-refractivity contribution < 1.29 is 4.79 Å². The summed E-state index contributed by atoms with van der Waals surface area (Å²) in [5.41, 5.74) is 2.66. The zero-order valence-electron chi connectivity index (χ0n) is 15.8. The number of Topliss-reactive ketones (excluding diaryl/α,β-unsaturated/α-hetero) is 1. The molecule has 4 rings (SSSR count). The van der Waals surface area contributed by atoms with Gasteiger partial charge in [0.2, 0.25) is 0 Å². The number of ketones is 1. The first-order valence-electron chi connectivity index (χ1n) is 9.37. The first-order chi connectivity index (χ1) is 14.5. The number of H-pyrrole nitrogens is 1. The van der Waals surface area contributed by atoms with Gasteiger partial charge >= 0.3 is 0 Å². The van der Waals surface area contributed by atoms with Crippen molar-refractivity contribution in [2.75, 3.05) is 0 Å². The SMILES string of the molecule is O=C(CC(Cc1nc2cc(Cl)c(Cl)cc2[nH]c1=O)c1ccccc1)c1ccncc1. The second-order valence-corrected chi connectivity index (χ2v) is 7.79. The Morgan fingerprint density at radius 2 is 1.70 bits per heavy atom. The van der Waals surface area contributed by atoms with E-state index in [0.29, 0.717) is 38.8 Å². The van der Waals surface area contributed by atoms with Crippen LogP contribution >= 0.6 is 23.2 Å². The number of hydrogen-bond acceptors (Lipinski definition) is 4. The Balaban J connectivity index is 1.70. The van der Waals surface area contributed by atoms with E-state index in [2.05, 4.69) is 15.0 Å². The lowest BCUT2D eigenvalue weighted by Gasteiger charge is -2.16. The van der Waals surface area contributed by atoms with E-state index in [9.17, 15) is 9.59 Å². The highest BCUT2D eigenvalue weighted by atomic mass is 35.5. The van der Waals surface area contributed by atoms with E-state index in [1.807, 2.05) is 30.3 Å². The van der Waals surface area contributed by atoms with Crippen molar-refractivity contribution in [2.45, 2.75) is 18.8 Å². The van der Waals surface area contributed by atoms with Gasteiger partial charge in [-0.15, -0.1) is 0 Å². The van der Waals surface area contributed by atoms with Gasteiger partial charge in [-0.2, -0.15) is 0 Å². The van der Waals surface area contributed by atoms with Crippen LogP contribution in [0.2, 0.25) is 10.0 Å². The van der Waals surface area contributed by atoms with Crippen LogP contribution in [-0.4, -0.2) is 20.7 Å². The molecule has 150 valence electrons. The van der Waals surface area contributed by atoms with Gasteiger partial charge in [0.25, 0.3) is 5.56 Å². The van der Waals surface area contributed by atoms with E-state index < -0.39 is 0 Å². The molecule has 2 heterocycles. The third-order valence-electron chi connectivity index (χ3n) is 4.95. The number of nitrogens with zero attached hydrogens (tertiary/aromatic N) is 2. The van der Waals surface area contributed by atoms with Crippen molar-refractivity contribution in [3.8, 4) is 0 Å². The lowest BCUT2D eigenvalue weighted by atomic mass is 9.88. The lowest BCUT2D eigenvalue weighted by Crippen LogP contribution is -2.20. The molecule has 0 saturated carbocycles. The average molecular weight is 438 g/mol. The van der Waals surface area contributed by atoms with Crippen molar-refractivity contribution >= 4 is 40.0 Å². The van der Waals surface area contributed by atoms with E-state index in [0.717, 1.165) is 5.56 Å². The topological polar surface area (TPSA) is 75.7 Å². The van der Waals surface area contributed by atoms with Crippen LogP contribution in [0.25, 0.3) is 11.0 Å². The molecule has 4 aromatic rings. The summed E-state index contributed by atoms with van der Waals surface area (Å²) in [6, 6.07) is 16.2. The van der Waals surface area contributed by atoms with Crippen molar-refractivity contribution in [2.24, 2.45) is 0 Å². The van der Waals surface area contributed by atoms with Crippen LogP contribution in [0.3, 0.4) is 0 Å². The Morgan fingerprint density at radius 1 is 1.00 bits per heavy atom. The summed E-state index contributed by atoms with van der Waals surface area (Å²) in [6.45, 7) is 0. The number of aromatic nitrogens is 3. The zero-order valence-corrected chi connectivity index (χ0v) is 17.3. The quantitative estimate of drug-likeness (QED) is 0.419. The minimum absolute atomic E-state index is 0.0155. The maximum atomic E-state index is 12.8. The number of nitrogens with one attached hydrogen (secondary N) is 1. The van der Waals surface area contributed by atoms with Gasteiger partial charge in [-0.05, 0) is 35.7 Å². The van der Waals surface area contributed by atoms with Crippen molar-refractivity contribution in [1.82, 2.24) is 15.0 Å². The van der Waals surface area contributed by atoms with Crippen LogP contribution in [0.1, 0.15) is 34.0 Å². The predicted octanol–water partition coefficient (Wildman–Crippen LogP) is 5.22. The Hall–Kier alpha value is -3.02. The van der Waals surface area contributed by atoms with Gasteiger partial charge in [-0.3, -0.25) is 14.6 Å². The zero-order chi connectivity index (χ0) is 21.1. The summed E-state index contributed by atoms with van der Waals surface area (Å²) in [4.78, 5) is 36.8. The number of hydrogen-bond donors (Lipinski definition) is 1. The molecule has 7 heteroatoms. The molecule has 5 nitrogen and oxygen atoms in total. The number of benzene rings is 2. The van der Waals surface area contributed by atoms with Gasteiger partial charge in [0, 0.05) is 30.8 Å². The first kappa shape index (κ1) is 20.3. The lowest BCUT2D eigenvalue weighted by molar-refractivity contribution is 0.0973. The van der Waals surface area contributed by atoms with E-state index in [-0.39, 0.29) is 23.7 Å². The molecule has 1 N–H and O–H groups in total. The minimum atomic E-state index is -0.307. The molecular weight excluding hydrogens is 421 g/mol. The van der Waals surface area contributed by atoms with Crippen LogP contribution in [0.5, 0.6) is 0 Å². The van der Waals surface area contributed by atoms with Crippen LogP contribution in [0.15, 0.2) is 71.8 Å². The van der Waals surface area contributed by atoms with Gasteiger partial charge in [0.1, 0.15) is 5.69 Å². The second-order valence-electron chi connectivity index (χ2n) is 6.97. The van der Waals surface area contributed by atoms with Crippen molar-refractivity contribution in [3.05, 3.63) is 104 Å². The fraction of sp³-hybridized carbons (Fsp3) is 0.130. The molecule has 0 aliphatic rings. The van der Waals surface area contributed by atoms with Gasteiger partial charge in [0.15, 0.2) is 5.78 Å². The highest BCUT2D eigenvalue weighted by Gasteiger charge is 2.20. The third kappa shape index (κ3) is 4.42. The van der Waals surface area contributed by atoms with E-state index in [4.69, 9.17) is 23.2 Å². The average Bonchev–Trinajstić information content (AvgIpc) is 2.76. The predicted molar refractivity (Wildman–Crippen MR) is 118 cm³/mol.